The molecule has 2 aromatic carbocycles. The van der Waals surface area contributed by atoms with Gasteiger partial charge in [0.15, 0.2) is 10.9 Å². The predicted octanol–water partition coefficient (Wildman–Crippen LogP) is 4.89. The van der Waals surface area contributed by atoms with Crippen LogP contribution in [0.15, 0.2) is 66.1 Å². The van der Waals surface area contributed by atoms with Crippen molar-refractivity contribution in [1.29, 1.82) is 0 Å². The van der Waals surface area contributed by atoms with Gasteiger partial charge in [-0.05, 0) is 42.3 Å². The molecular weight excluding hydrogens is 467 g/mol. The number of benzene rings is 2. The summed E-state index contributed by atoms with van der Waals surface area (Å²) >= 11 is 13.9. The third-order valence-electron chi connectivity index (χ3n) is 4.66. The van der Waals surface area contributed by atoms with Crippen LogP contribution in [0.5, 0.6) is 0 Å². The Labute approximate surface area is 199 Å². The summed E-state index contributed by atoms with van der Waals surface area (Å²) in [5.41, 5.74) is 3.30. The van der Waals surface area contributed by atoms with Gasteiger partial charge in [-0.1, -0.05) is 64.4 Å². The summed E-state index contributed by atoms with van der Waals surface area (Å²) in [5, 5.41) is 13.0. The van der Waals surface area contributed by atoms with Gasteiger partial charge in [-0.15, -0.1) is 5.10 Å². The molecule has 4 rings (SSSR count). The summed E-state index contributed by atoms with van der Waals surface area (Å²) in [6.45, 7) is 2.20. The van der Waals surface area contributed by atoms with Gasteiger partial charge in [0, 0.05) is 34.7 Å². The Morgan fingerprint density at radius 1 is 1.06 bits per heavy atom. The smallest absolute Gasteiger partial charge is 0.274 e. The Morgan fingerprint density at radius 2 is 1.84 bits per heavy atom. The van der Waals surface area contributed by atoms with Crippen molar-refractivity contribution in [3.05, 3.63) is 93.5 Å². The molecule has 2 heterocycles. The van der Waals surface area contributed by atoms with Gasteiger partial charge in [0.2, 0.25) is 0 Å². The minimum Gasteiger partial charge on any atom is -0.346 e. The topological polar surface area (TPSA) is 85.6 Å². The number of aryl methyl sites for hydroxylation is 1. The van der Waals surface area contributed by atoms with E-state index in [2.05, 4.69) is 25.6 Å². The third kappa shape index (κ3) is 5.09. The molecule has 1 N–H and O–H groups in total. The van der Waals surface area contributed by atoms with Crippen LogP contribution in [0.2, 0.25) is 10.0 Å². The second-order valence-corrected chi connectivity index (χ2v) is 8.58. The molecule has 1 amide bonds. The van der Waals surface area contributed by atoms with E-state index in [0.29, 0.717) is 32.3 Å². The first-order valence-corrected chi connectivity index (χ1v) is 11.4. The van der Waals surface area contributed by atoms with E-state index in [9.17, 15) is 4.79 Å². The van der Waals surface area contributed by atoms with E-state index in [1.165, 1.54) is 11.8 Å². The number of amides is 1. The second kappa shape index (κ2) is 10.1. The number of thioether (sulfide) groups is 1. The van der Waals surface area contributed by atoms with E-state index < -0.39 is 0 Å². The van der Waals surface area contributed by atoms with Gasteiger partial charge < -0.3 is 5.32 Å². The zero-order valence-electron chi connectivity index (χ0n) is 17.0. The molecule has 10 heteroatoms. The predicted molar refractivity (Wildman–Crippen MR) is 125 cm³/mol. The lowest BCUT2D eigenvalue weighted by molar-refractivity contribution is 0.0945. The largest absolute Gasteiger partial charge is 0.346 e. The van der Waals surface area contributed by atoms with Gasteiger partial charge in [0.05, 0.1) is 11.4 Å². The first-order valence-electron chi connectivity index (χ1n) is 9.65. The minimum atomic E-state index is -0.348. The molecule has 162 valence electrons. The Balaban J connectivity index is 1.63. The Bertz CT molecular complexity index is 1250. The van der Waals surface area contributed by atoms with Crippen LogP contribution in [-0.2, 0) is 12.3 Å². The van der Waals surface area contributed by atoms with E-state index in [1.54, 1.807) is 35.3 Å². The Morgan fingerprint density at radius 3 is 2.59 bits per heavy atom. The quantitative estimate of drug-likeness (QED) is 0.296. The zero-order valence-corrected chi connectivity index (χ0v) is 19.3. The molecule has 32 heavy (non-hydrogen) atoms. The van der Waals surface area contributed by atoms with E-state index in [1.807, 2.05) is 37.3 Å². The lowest BCUT2D eigenvalue weighted by Gasteiger charge is -2.10. The number of carbonyl (C=O) groups excluding carboxylic acids is 1. The average Bonchev–Trinajstić information content (AvgIpc) is 3.23. The minimum absolute atomic E-state index is 0.220. The maximum Gasteiger partial charge on any atom is 0.274 e. The van der Waals surface area contributed by atoms with Crippen LogP contribution in [0.3, 0.4) is 0 Å². The SMILES string of the molecule is Cc1ccc(-n2nnc(C(=O)NCc3ccccc3Cl)c2CSc2ncccn2)cc1Cl. The Kier molecular flexibility index (Phi) is 7.04. The first-order chi connectivity index (χ1) is 15.5. The molecule has 0 radical (unpaired) electrons. The molecule has 0 unspecified atom stereocenters. The normalized spacial score (nSPS) is 10.8. The summed E-state index contributed by atoms with van der Waals surface area (Å²) < 4.78 is 1.62. The van der Waals surface area contributed by atoms with E-state index in [4.69, 9.17) is 23.2 Å². The summed E-state index contributed by atoms with van der Waals surface area (Å²) in [7, 11) is 0. The van der Waals surface area contributed by atoms with E-state index in [0.717, 1.165) is 11.1 Å². The molecule has 4 aromatic rings. The number of nitrogens with one attached hydrogen (secondary N) is 1. The lowest BCUT2D eigenvalue weighted by Crippen LogP contribution is -2.24. The highest BCUT2D eigenvalue weighted by Crippen LogP contribution is 2.25. The van der Waals surface area contributed by atoms with Crippen LogP contribution in [0.25, 0.3) is 5.69 Å². The summed E-state index contributed by atoms with van der Waals surface area (Å²) in [6.07, 6.45) is 3.34. The van der Waals surface area contributed by atoms with Gasteiger partial charge in [-0.2, -0.15) is 0 Å². The van der Waals surface area contributed by atoms with Gasteiger partial charge in [-0.25, -0.2) is 14.6 Å². The molecule has 0 saturated carbocycles. The third-order valence-corrected chi connectivity index (χ3v) is 6.32. The standard InChI is InChI=1S/C22H18Cl2N6OS/c1-14-7-8-16(11-18(14)24)30-19(13-32-22-25-9-4-10-26-22)20(28-29-30)21(31)27-12-15-5-2-3-6-17(15)23/h2-11H,12-13H2,1H3,(H,27,31). The maximum atomic E-state index is 13.0. The van der Waals surface area contributed by atoms with Crippen LogP contribution in [0.4, 0.5) is 0 Å². The van der Waals surface area contributed by atoms with E-state index >= 15 is 0 Å². The van der Waals surface area contributed by atoms with Gasteiger partial charge in [0.1, 0.15) is 0 Å². The van der Waals surface area contributed by atoms with Crippen molar-refractivity contribution < 1.29 is 4.79 Å². The molecule has 0 aliphatic heterocycles. The van der Waals surface area contributed by atoms with Gasteiger partial charge in [-0.3, -0.25) is 4.79 Å². The molecule has 0 bridgehead atoms. The number of hydrogen-bond donors (Lipinski definition) is 1. The van der Waals surface area contributed by atoms with Crippen LogP contribution in [0, 0.1) is 6.92 Å². The number of aromatic nitrogens is 5. The second-order valence-electron chi connectivity index (χ2n) is 6.82. The van der Waals surface area contributed by atoms with Crippen LogP contribution >= 0.6 is 35.0 Å². The average molecular weight is 485 g/mol. The first kappa shape index (κ1) is 22.3. The number of carbonyl (C=O) groups is 1. The molecular formula is C22H18Cl2N6OS. The van der Waals surface area contributed by atoms with Crippen molar-refractivity contribution in [1.82, 2.24) is 30.3 Å². The highest BCUT2D eigenvalue weighted by molar-refractivity contribution is 7.98. The number of hydrogen-bond acceptors (Lipinski definition) is 6. The fraction of sp³-hybridized carbons (Fsp3) is 0.136. The highest BCUT2D eigenvalue weighted by atomic mass is 35.5. The summed E-state index contributed by atoms with van der Waals surface area (Å²) in [5.74, 6) is 0.0381. The molecule has 0 saturated heterocycles. The van der Waals surface area contributed by atoms with Gasteiger partial charge >= 0.3 is 0 Å². The number of halogens is 2. The van der Waals surface area contributed by atoms with Crippen molar-refractivity contribution in [3.8, 4) is 5.69 Å². The molecule has 0 spiro atoms. The molecule has 2 aromatic heterocycles. The lowest BCUT2D eigenvalue weighted by atomic mass is 10.2. The fourth-order valence-electron chi connectivity index (χ4n) is 2.92. The van der Waals surface area contributed by atoms with Crippen molar-refractivity contribution in [2.75, 3.05) is 0 Å². The van der Waals surface area contributed by atoms with Crippen molar-refractivity contribution in [2.45, 2.75) is 24.4 Å². The van der Waals surface area contributed by atoms with Crippen molar-refractivity contribution in [2.24, 2.45) is 0 Å². The molecule has 0 fully saturated rings. The zero-order chi connectivity index (χ0) is 22.5. The van der Waals surface area contributed by atoms with Gasteiger partial charge in [0.25, 0.3) is 5.91 Å². The summed E-state index contributed by atoms with van der Waals surface area (Å²) in [6, 6.07) is 14.7. The number of rotatable bonds is 7. The van der Waals surface area contributed by atoms with Crippen molar-refractivity contribution >= 4 is 40.9 Å². The summed E-state index contributed by atoms with van der Waals surface area (Å²) in [4.78, 5) is 21.5. The van der Waals surface area contributed by atoms with Crippen molar-refractivity contribution in [3.63, 3.8) is 0 Å². The molecule has 7 nitrogen and oxygen atoms in total. The molecule has 0 aliphatic rings. The monoisotopic (exact) mass is 484 g/mol. The van der Waals surface area contributed by atoms with E-state index in [-0.39, 0.29) is 18.1 Å². The fourth-order valence-corrected chi connectivity index (χ4v) is 4.10. The van der Waals surface area contributed by atoms with Crippen LogP contribution < -0.4 is 5.32 Å². The molecule has 0 atom stereocenters. The van der Waals surface area contributed by atoms with Crippen LogP contribution in [-0.4, -0.2) is 30.9 Å². The number of nitrogens with zero attached hydrogens (tertiary/aromatic N) is 5. The molecule has 0 aliphatic carbocycles. The Hall–Kier alpha value is -2.94. The maximum absolute atomic E-state index is 13.0. The van der Waals surface area contributed by atoms with Crippen LogP contribution in [0.1, 0.15) is 27.3 Å². The highest BCUT2D eigenvalue weighted by Gasteiger charge is 2.21.